The molecule has 2 rings (SSSR count). The second kappa shape index (κ2) is 5.92. The molecule has 0 radical (unpaired) electrons. The zero-order chi connectivity index (χ0) is 13.9. The lowest BCUT2D eigenvalue weighted by Crippen LogP contribution is -2.38. The molecule has 106 valence electrons. The van der Waals surface area contributed by atoms with E-state index >= 15 is 0 Å². The lowest BCUT2D eigenvalue weighted by molar-refractivity contribution is 0.327. The summed E-state index contributed by atoms with van der Waals surface area (Å²) in [6.07, 6.45) is 4.17. The van der Waals surface area contributed by atoms with Gasteiger partial charge in [0.1, 0.15) is 4.90 Å². The third kappa shape index (κ3) is 3.48. The van der Waals surface area contributed by atoms with E-state index in [9.17, 15) is 8.42 Å². The second-order valence-corrected chi connectivity index (χ2v) is 7.02. The Morgan fingerprint density at radius 2 is 1.95 bits per heavy atom. The maximum Gasteiger partial charge on any atom is 0.242 e. The molecule has 19 heavy (non-hydrogen) atoms. The van der Waals surface area contributed by atoms with Gasteiger partial charge in [0.05, 0.1) is 5.69 Å². The first kappa shape index (κ1) is 14.3. The highest BCUT2D eigenvalue weighted by Gasteiger charge is 2.25. The number of nitrogens with one attached hydrogen (secondary N) is 2. The van der Waals surface area contributed by atoms with E-state index in [-0.39, 0.29) is 6.04 Å². The zero-order valence-electron chi connectivity index (χ0n) is 11.5. The van der Waals surface area contributed by atoms with E-state index in [4.69, 9.17) is 0 Å². The number of para-hydroxylation sites is 1. The van der Waals surface area contributed by atoms with Gasteiger partial charge in [0.25, 0.3) is 0 Å². The molecule has 1 saturated carbocycles. The molecule has 0 aliphatic heterocycles. The van der Waals surface area contributed by atoms with Crippen molar-refractivity contribution < 1.29 is 8.42 Å². The second-order valence-electron chi connectivity index (χ2n) is 5.34. The maximum absolute atomic E-state index is 12.4. The standard InChI is InChI=1S/C14H22N2O2S/c1-11-6-5-7-12(10-11)16-19(17,18)14-9-4-3-8-13(14)15-2/h3-4,8-9,11-12,15-16H,5-7,10H2,1-2H3. The van der Waals surface area contributed by atoms with Gasteiger partial charge in [-0.2, -0.15) is 0 Å². The molecule has 2 N–H and O–H groups in total. The van der Waals surface area contributed by atoms with Gasteiger partial charge in [-0.25, -0.2) is 13.1 Å². The highest BCUT2D eigenvalue weighted by molar-refractivity contribution is 7.89. The molecule has 2 atom stereocenters. The summed E-state index contributed by atoms with van der Waals surface area (Å²) in [5.41, 5.74) is 0.638. The van der Waals surface area contributed by atoms with E-state index in [1.54, 1.807) is 25.2 Å². The number of rotatable bonds is 4. The molecular formula is C14H22N2O2S. The number of hydrogen-bond donors (Lipinski definition) is 2. The van der Waals surface area contributed by atoms with Gasteiger partial charge in [0, 0.05) is 13.1 Å². The summed E-state index contributed by atoms with van der Waals surface area (Å²) in [5, 5.41) is 2.93. The average Bonchev–Trinajstić information content (AvgIpc) is 2.38. The Kier molecular flexibility index (Phi) is 4.47. The van der Waals surface area contributed by atoms with Crippen LogP contribution in [-0.4, -0.2) is 21.5 Å². The van der Waals surface area contributed by atoms with E-state index in [1.807, 2.05) is 6.07 Å². The van der Waals surface area contributed by atoms with Crippen LogP contribution in [0.5, 0.6) is 0 Å². The van der Waals surface area contributed by atoms with Crippen molar-refractivity contribution in [1.29, 1.82) is 0 Å². The smallest absolute Gasteiger partial charge is 0.242 e. The third-order valence-electron chi connectivity index (χ3n) is 3.70. The number of benzene rings is 1. The van der Waals surface area contributed by atoms with Crippen molar-refractivity contribution in [3.05, 3.63) is 24.3 Å². The van der Waals surface area contributed by atoms with Crippen molar-refractivity contribution in [1.82, 2.24) is 4.72 Å². The predicted octanol–water partition coefficient (Wildman–Crippen LogP) is 2.59. The first-order valence-electron chi connectivity index (χ1n) is 6.82. The summed E-state index contributed by atoms with van der Waals surface area (Å²) in [7, 11) is -1.71. The molecule has 1 aliphatic rings. The van der Waals surface area contributed by atoms with Crippen molar-refractivity contribution in [3.8, 4) is 0 Å². The van der Waals surface area contributed by atoms with Crippen LogP contribution < -0.4 is 10.0 Å². The fourth-order valence-electron chi connectivity index (χ4n) is 2.73. The fraction of sp³-hybridized carbons (Fsp3) is 0.571. The van der Waals surface area contributed by atoms with Crippen LogP contribution in [0.3, 0.4) is 0 Å². The summed E-state index contributed by atoms with van der Waals surface area (Å²) < 4.78 is 27.7. The molecule has 4 nitrogen and oxygen atoms in total. The summed E-state index contributed by atoms with van der Waals surface area (Å²) >= 11 is 0. The van der Waals surface area contributed by atoms with Crippen LogP contribution >= 0.6 is 0 Å². The highest BCUT2D eigenvalue weighted by atomic mass is 32.2. The number of sulfonamides is 1. The van der Waals surface area contributed by atoms with Crippen LogP contribution in [-0.2, 0) is 10.0 Å². The third-order valence-corrected chi connectivity index (χ3v) is 5.28. The number of hydrogen-bond acceptors (Lipinski definition) is 3. The van der Waals surface area contributed by atoms with Crippen LogP contribution in [0, 0.1) is 5.92 Å². The van der Waals surface area contributed by atoms with E-state index in [1.165, 1.54) is 6.42 Å². The minimum absolute atomic E-state index is 0.0682. The maximum atomic E-state index is 12.4. The van der Waals surface area contributed by atoms with Gasteiger partial charge in [0.2, 0.25) is 10.0 Å². The molecule has 1 fully saturated rings. The van der Waals surface area contributed by atoms with E-state index in [0.29, 0.717) is 16.5 Å². The Balaban J connectivity index is 2.18. The quantitative estimate of drug-likeness (QED) is 0.892. The highest BCUT2D eigenvalue weighted by Crippen LogP contribution is 2.26. The van der Waals surface area contributed by atoms with Gasteiger partial charge in [-0.05, 0) is 30.9 Å². The minimum Gasteiger partial charge on any atom is -0.387 e. The zero-order valence-corrected chi connectivity index (χ0v) is 12.3. The van der Waals surface area contributed by atoms with Crippen LogP contribution in [0.2, 0.25) is 0 Å². The Morgan fingerprint density at radius 1 is 1.21 bits per heavy atom. The van der Waals surface area contributed by atoms with Crippen molar-refractivity contribution in [3.63, 3.8) is 0 Å². The van der Waals surface area contributed by atoms with Gasteiger partial charge in [-0.15, -0.1) is 0 Å². The van der Waals surface area contributed by atoms with Crippen LogP contribution in [0.1, 0.15) is 32.6 Å². The van der Waals surface area contributed by atoms with Gasteiger partial charge >= 0.3 is 0 Å². The molecule has 0 saturated heterocycles. The largest absolute Gasteiger partial charge is 0.387 e. The Morgan fingerprint density at radius 3 is 2.63 bits per heavy atom. The molecule has 1 aromatic rings. The Bertz CT molecular complexity index is 528. The van der Waals surface area contributed by atoms with Crippen molar-refractivity contribution >= 4 is 15.7 Å². The minimum atomic E-state index is -3.44. The van der Waals surface area contributed by atoms with Crippen LogP contribution in [0.25, 0.3) is 0 Å². The fourth-order valence-corrected chi connectivity index (χ4v) is 4.23. The average molecular weight is 282 g/mol. The van der Waals surface area contributed by atoms with Gasteiger partial charge in [-0.1, -0.05) is 31.9 Å². The van der Waals surface area contributed by atoms with Gasteiger partial charge in [0.15, 0.2) is 0 Å². The molecular weight excluding hydrogens is 260 g/mol. The van der Waals surface area contributed by atoms with Crippen molar-refractivity contribution in [2.45, 2.75) is 43.5 Å². The summed E-state index contributed by atoms with van der Waals surface area (Å²) in [4.78, 5) is 0.329. The van der Waals surface area contributed by atoms with E-state index < -0.39 is 10.0 Å². The topological polar surface area (TPSA) is 58.2 Å². The molecule has 0 bridgehead atoms. The van der Waals surface area contributed by atoms with Gasteiger partial charge in [-0.3, -0.25) is 0 Å². The molecule has 1 aliphatic carbocycles. The molecule has 0 heterocycles. The number of anilines is 1. The first-order valence-corrected chi connectivity index (χ1v) is 8.30. The van der Waals surface area contributed by atoms with Crippen molar-refractivity contribution in [2.75, 3.05) is 12.4 Å². The van der Waals surface area contributed by atoms with Crippen LogP contribution in [0.4, 0.5) is 5.69 Å². The summed E-state index contributed by atoms with van der Waals surface area (Å²) in [6.45, 7) is 2.18. The summed E-state index contributed by atoms with van der Waals surface area (Å²) in [5.74, 6) is 0.598. The predicted molar refractivity (Wildman–Crippen MR) is 77.7 cm³/mol. The Hall–Kier alpha value is -1.07. The monoisotopic (exact) mass is 282 g/mol. The summed E-state index contributed by atoms with van der Waals surface area (Å²) in [6, 6.07) is 7.06. The molecule has 2 unspecified atom stereocenters. The molecule has 1 aromatic carbocycles. The van der Waals surface area contributed by atoms with E-state index in [2.05, 4.69) is 17.0 Å². The molecule has 0 spiro atoms. The molecule has 0 aromatic heterocycles. The van der Waals surface area contributed by atoms with Crippen LogP contribution in [0.15, 0.2) is 29.2 Å². The lowest BCUT2D eigenvalue weighted by Gasteiger charge is -2.27. The molecule has 5 heteroatoms. The van der Waals surface area contributed by atoms with Gasteiger partial charge < -0.3 is 5.32 Å². The van der Waals surface area contributed by atoms with Crippen molar-refractivity contribution in [2.24, 2.45) is 5.92 Å². The Labute approximate surface area is 115 Å². The normalized spacial score (nSPS) is 24.1. The van der Waals surface area contributed by atoms with E-state index in [0.717, 1.165) is 19.3 Å². The first-order chi connectivity index (χ1) is 9.03. The SMILES string of the molecule is CNc1ccccc1S(=O)(=O)NC1CCCC(C)C1. The lowest BCUT2D eigenvalue weighted by atomic mass is 9.88. The molecule has 0 amide bonds.